The topological polar surface area (TPSA) is 95.2 Å². The van der Waals surface area contributed by atoms with Gasteiger partial charge in [0.05, 0.1) is 28.4 Å². The number of aliphatic hydroxyl groups is 1. The number of fused-ring (bicyclic) bond motifs is 2. The molecule has 0 radical (unpaired) electrons. The van der Waals surface area contributed by atoms with E-state index in [2.05, 4.69) is 14.0 Å². The summed E-state index contributed by atoms with van der Waals surface area (Å²) in [4.78, 5) is 2.01. The number of ether oxygens (including phenoxy) is 2. The van der Waals surface area contributed by atoms with E-state index in [1.54, 1.807) is 0 Å². The number of hydrogen-bond acceptors (Lipinski definition) is 6. The summed E-state index contributed by atoms with van der Waals surface area (Å²) >= 11 is 0. The monoisotopic (exact) mass is 531 g/mol. The fourth-order valence-corrected chi connectivity index (χ4v) is 5.73. The number of para-hydroxylation sites is 4. The summed E-state index contributed by atoms with van der Waals surface area (Å²) in [5, 5.41) is 11.4. The van der Waals surface area contributed by atoms with Crippen molar-refractivity contribution in [1.29, 1.82) is 4.78 Å². The highest BCUT2D eigenvalue weighted by atomic mass is 32.2. The number of anilines is 2. The van der Waals surface area contributed by atoms with Gasteiger partial charge in [-0.1, -0.05) is 30.7 Å². The van der Waals surface area contributed by atoms with Gasteiger partial charge in [0, 0.05) is 12.1 Å². The molecule has 2 aliphatic rings. The van der Waals surface area contributed by atoms with Crippen molar-refractivity contribution in [3.63, 3.8) is 0 Å². The summed E-state index contributed by atoms with van der Waals surface area (Å²) in [5.74, 6) is 0.402. The van der Waals surface area contributed by atoms with Gasteiger partial charge in [-0.25, -0.2) is 8.99 Å². The van der Waals surface area contributed by atoms with Crippen LogP contribution in [0.15, 0.2) is 82.1 Å². The molecule has 0 amide bonds. The predicted octanol–water partition coefficient (Wildman–Crippen LogP) is 6.45. The van der Waals surface area contributed by atoms with Crippen molar-refractivity contribution in [3.05, 3.63) is 72.8 Å². The normalized spacial score (nSPS) is 23.0. The maximum atomic E-state index is 12.9. The molecule has 7 nitrogen and oxygen atoms in total. The first-order chi connectivity index (χ1) is 17.6. The number of alkyl halides is 3. The zero-order valence-corrected chi connectivity index (χ0v) is 20.3. The van der Waals surface area contributed by atoms with Gasteiger partial charge >= 0.3 is 6.36 Å². The molecule has 11 heteroatoms. The standard InChI is InChI=1S/C26H24F3N3O4S/c27-26(28,29)36-18-12-14-19(15-13-18)37(30,34)31-16-17-6-5-9-22(25(17)33)32-20-7-1-3-10-23(20)35-24-11-4-2-8-21(24)32/h1-4,7-8,10-17,22,25,30,33H,5-6,9H2/t17?,22-,25-,37?/m0/s1. The summed E-state index contributed by atoms with van der Waals surface area (Å²) in [6.07, 6.45) is -2.33. The van der Waals surface area contributed by atoms with E-state index in [-0.39, 0.29) is 10.9 Å². The number of rotatable bonds is 5. The minimum absolute atomic E-state index is 0.0591. The fraction of sp³-hybridized carbons (Fsp3) is 0.269. The Bertz CT molecular complexity index is 1370. The van der Waals surface area contributed by atoms with Crippen molar-refractivity contribution in [1.82, 2.24) is 0 Å². The summed E-state index contributed by atoms with van der Waals surface area (Å²) in [5.41, 5.74) is 1.65. The molecule has 194 valence electrons. The molecule has 0 saturated heterocycles. The van der Waals surface area contributed by atoms with Crippen LogP contribution in [0.2, 0.25) is 0 Å². The Kier molecular flexibility index (Phi) is 6.59. The molecule has 1 heterocycles. The molecule has 1 fully saturated rings. The van der Waals surface area contributed by atoms with Crippen molar-refractivity contribution in [2.45, 2.75) is 42.7 Å². The first-order valence-corrected chi connectivity index (χ1v) is 13.2. The zero-order chi connectivity index (χ0) is 26.2. The van der Waals surface area contributed by atoms with Gasteiger partial charge in [0.2, 0.25) is 0 Å². The van der Waals surface area contributed by atoms with Crippen LogP contribution in [-0.4, -0.2) is 34.0 Å². The Morgan fingerprint density at radius 3 is 2.19 bits per heavy atom. The van der Waals surface area contributed by atoms with Crippen molar-refractivity contribution < 1.29 is 32.0 Å². The Balaban J connectivity index is 1.38. The van der Waals surface area contributed by atoms with Crippen LogP contribution in [0.1, 0.15) is 19.3 Å². The van der Waals surface area contributed by atoms with Gasteiger partial charge in [-0.3, -0.25) is 0 Å². The van der Waals surface area contributed by atoms with Crippen LogP contribution in [0.25, 0.3) is 0 Å². The third-order valence-corrected chi connectivity index (χ3v) is 7.78. The number of hydrogen-bond donors (Lipinski definition) is 2. The van der Waals surface area contributed by atoms with E-state index in [9.17, 15) is 22.5 Å². The average molecular weight is 532 g/mol. The van der Waals surface area contributed by atoms with Gasteiger partial charge < -0.3 is 19.5 Å². The summed E-state index contributed by atoms with van der Waals surface area (Å²) < 4.78 is 72.2. The highest BCUT2D eigenvalue weighted by molar-refractivity contribution is 7.91. The van der Waals surface area contributed by atoms with Gasteiger partial charge in [0.15, 0.2) is 21.4 Å². The van der Waals surface area contributed by atoms with Crippen LogP contribution in [0.3, 0.4) is 0 Å². The van der Waals surface area contributed by atoms with E-state index < -0.39 is 34.0 Å². The second-order valence-corrected chi connectivity index (χ2v) is 10.6. The summed E-state index contributed by atoms with van der Waals surface area (Å²) in [7, 11) is -3.70. The van der Waals surface area contributed by atoms with Gasteiger partial charge in [0.25, 0.3) is 0 Å². The van der Waals surface area contributed by atoms with Crippen LogP contribution in [0.4, 0.5) is 24.5 Å². The summed E-state index contributed by atoms with van der Waals surface area (Å²) in [6, 6.07) is 19.1. The molecule has 3 aromatic carbocycles. The van der Waals surface area contributed by atoms with Gasteiger partial charge in [-0.15, -0.1) is 13.2 Å². The Hall–Kier alpha value is -3.57. The lowest BCUT2D eigenvalue weighted by molar-refractivity contribution is -0.274. The lowest BCUT2D eigenvalue weighted by Gasteiger charge is -2.44. The molecule has 3 aromatic rings. The van der Waals surface area contributed by atoms with E-state index in [4.69, 9.17) is 9.52 Å². The van der Waals surface area contributed by atoms with E-state index in [0.29, 0.717) is 24.3 Å². The van der Waals surface area contributed by atoms with Gasteiger partial charge in [-0.05, 0) is 61.4 Å². The molecule has 1 saturated carbocycles. The largest absolute Gasteiger partial charge is 0.573 e. The van der Waals surface area contributed by atoms with Crippen molar-refractivity contribution in [3.8, 4) is 17.2 Å². The Morgan fingerprint density at radius 2 is 1.59 bits per heavy atom. The smallest absolute Gasteiger partial charge is 0.453 e. The third kappa shape index (κ3) is 5.28. The molecule has 37 heavy (non-hydrogen) atoms. The molecule has 5 rings (SSSR count). The minimum Gasteiger partial charge on any atom is -0.453 e. The van der Waals surface area contributed by atoms with Crippen LogP contribution < -0.4 is 14.4 Å². The van der Waals surface area contributed by atoms with Crippen molar-refractivity contribution in [2.75, 3.05) is 4.90 Å². The SMILES string of the molecule is N=S(=O)(N=CC1CCC[C@H](N2c3ccccc3Oc3ccccc32)[C@H]1O)c1ccc(OC(F)(F)F)cc1. The van der Waals surface area contributed by atoms with Crippen LogP contribution in [-0.2, 0) is 9.92 Å². The number of nitrogens with zero attached hydrogens (tertiary/aromatic N) is 2. The van der Waals surface area contributed by atoms with Crippen molar-refractivity contribution >= 4 is 27.5 Å². The molecule has 0 bridgehead atoms. The maximum absolute atomic E-state index is 12.9. The molecule has 4 atom stereocenters. The predicted molar refractivity (Wildman–Crippen MR) is 133 cm³/mol. The van der Waals surface area contributed by atoms with E-state index in [1.165, 1.54) is 6.21 Å². The van der Waals surface area contributed by atoms with E-state index >= 15 is 0 Å². The Labute approximate surface area is 212 Å². The maximum Gasteiger partial charge on any atom is 0.573 e. The average Bonchev–Trinajstić information content (AvgIpc) is 2.86. The quantitative estimate of drug-likeness (QED) is 0.369. The summed E-state index contributed by atoms with van der Waals surface area (Å²) in [6.45, 7) is 0. The lowest BCUT2D eigenvalue weighted by atomic mass is 9.82. The number of benzene rings is 3. The molecule has 1 aliphatic carbocycles. The number of halogens is 3. The molecule has 0 spiro atoms. The lowest BCUT2D eigenvalue weighted by Crippen LogP contribution is -2.48. The van der Waals surface area contributed by atoms with Gasteiger partial charge in [-0.2, -0.15) is 4.40 Å². The Morgan fingerprint density at radius 1 is 1.00 bits per heavy atom. The first-order valence-electron chi connectivity index (χ1n) is 11.7. The highest BCUT2D eigenvalue weighted by Gasteiger charge is 2.39. The van der Waals surface area contributed by atoms with Crippen molar-refractivity contribution in [2.24, 2.45) is 10.3 Å². The zero-order valence-electron chi connectivity index (χ0n) is 19.5. The molecular formula is C26H24F3N3O4S. The second-order valence-electron chi connectivity index (χ2n) is 8.86. The molecular weight excluding hydrogens is 507 g/mol. The fourth-order valence-electron chi connectivity index (χ4n) is 4.78. The number of nitrogens with one attached hydrogen (secondary N) is 1. The molecule has 2 N–H and O–H groups in total. The molecule has 0 aromatic heterocycles. The van der Waals surface area contributed by atoms with Crippen LogP contribution in [0.5, 0.6) is 17.2 Å². The van der Waals surface area contributed by atoms with Gasteiger partial charge in [0.1, 0.15) is 5.75 Å². The van der Waals surface area contributed by atoms with Crippen LogP contribution in [0, 0.1) is 10.7 Å². The molecule has 2 unspecified atom stereocenters. The molecule has 1 aliphatic heterocycles. The first kappa shape index (κ1) is 25.1. The number of aliphatic hydroxyl groups excluding tert-OH is 1. The highest BCUT2D eigenvalue weighted by Crippen LogP contribution is 2.49. The van der Waals surface area contributed by atoms with E-state index in [1.807, 2.05) is 48.5 Å². The third-order valence-electron chi connectivity index (χ3n) is 6.45. The van der Waals surface area contributed by atoms with E-state index in [0.717, 1.165) is 42.1 Å². The minimum atomic E-state index is -4.85. The second kappa shape index (κ2) is 9.71. The van der Waals surface area contributed by atoms with Crippen LogP contribution >= 0.6 is 0 Å².